The lowest BCUT2D eigenvalue weighted by Crippen LogP contribution is -2.36. The van der Waals surface area contributed by atoms with E-state index in [-0.39, 0.29) is 5.76 Å². The number of benzene rings is 1. The number of alkyl halides is 3. The number of fused-ring (bicyclic) bond motifs is 1. The summed E-state index contributed by atoms with van der Waals surface area (Å²) in [7, 11) is 0. The molecule has 4 rings (SSSR count). The molecule has 2 saturated heterocycles. The van der Waals surface area contributed by atoms with Gasteiger partial charge in [-0.05, 0) is 49.6 Å². The number of ether oxygens (including phenoxy) is 2. The predicted octanol–water partition coefficient (Wildman–Crippen LogP) is 5.45. The molecule has 0 saturated carbocycles. The first-order valence-electron chi connectivity index (χ1n) is 10.7. The number of imidazole rings is 1. The molecule has 0 unspecified atom stereocenters. The molecule has 0 N–H and O–H groups in total. The van der Waals surface area contributed by atoms with E-state index in [9.17, 15) is 8.78 Å². The molecule has 2 fully saturated rings. The Morgan fingerprint density at radius 1 is 1.06 bits per heavy atom. The van der Waals surface area contributed by atoms with E-state index in [1.807, 2.05) is 0 Å². The van der Waals surface area contributed by atoms with Gasteiger partial charge in [-0.2, -0.15) is 8.78 Å². The van der Waals surface area contributed by atoms with E-state index in [2.05, 4.69) is 50.5 Å². The van der Waals surface area contributed by atoms with Gasteiger partial charge in [0.1, 0.15) is 18.1 Å². The van der Waals surface area contributed by atoms with Crippen molar-refractivity contribution in [2.75, 3.05) is 42.6 Å². The second kappa shape index (κ2) is 9.68. The Morgan fingerprint density at radius 2 is 1.75 bits per heavy atom. The van der Waals surface area contributed by atoms with Gasteiger partial charge in [-0.25, -0.2) is 4.98 Å². The smallest absolute Gasteiger partial charge is 0.451 e. The standard InChI is InChI=1S/C23H27F2IN4O2/c1-17(6-7-18(2)32-23(24,25)26)31-15-14-30-21-16-19(28-12-5-13-28)8-9-20(21)27-22(30)29-10-3-4-11-29/h6-9,16H,1-5,10-15H2/b7-6-. The van der Waals surface area contributed by atoms with Crippen LogP contribution in [0.5, 0.6) is 0 Å². The molecule has 0 amide bonds. The summed E-state index contributed by atoms with van der Waals surface area (Å²) in [5.41, 5.74) is 3.28. The van der Waals surface area contributed by atoms with Crippen LogP contribution in [-0.2, 0) is 16.0 Å². The van der Waals surface area contributed by atoms with Crippen LogP contribution >= 0.6 is 22.6 Å². The predicted molar refractivity (Wildman–Crippen MR) is 131 cm³/mol. The fourth-order valence-electron chi connectivity index (χ4n) is 3.93. The molecule has 172 valence electrons. The Bertz CT molecular complexity index is 1020. The number of aromatic nitrogens is 2. The van der Waals surface area contributed by atoms with Gasteiger partial charge >= 0.3 is 4.12 Å². The van der Waals surface area contributed by atoms with E-state index < -0.39 is 4.12 Å². The van der Waals surface area contributed by atoms with Crippen LogP contribution in [0.4, 0.5) is 20.4 Å². The van der Waals surface area contributed by atoms with Crippen molar-refractivity contribution in [1.82, 2.24) is 9.55 Å². The largest absolute Gasteiger partial charge is 0.492 e. The summed E-state index contributed by atoms with van der Waals surface area (Å²) in [5.74, 6) is 1.15. The van der Waals surface area contributed by atoms with Gasteiger partial charge in [0, 0.05) is 31.9 Å². The zero-order chi connectivity index (χ0) is 22.7. The van der Waals surface area contributed by atoms with Gasteiger partial charge in [0.15, 0.2) is 0 Å². The van der Waals surface area contributed by atoms with Crippen LogP contribution in [0.15, 0.2) is 55.0 Å². The normalized spacial score (nSPS) is 16.6. The Kier molecular flexibility index (Phi) is 6.92. The topological polar surface area (TPSA) is 42.8 Å². The van der Waals surface area contributed by atoms with Gasteiger partial charge < -0.3 is 23.8 Å². The molecule has 3 heterocycles. The third kappa shape index (κ3) is 5.54. The molecule has 0 atom stereocenters. The molecule has 9 heteroatoms. The molecule has 1 aromatic carbocycles. The van der Waals surface area contributed by atoms with Crippen molar-refractivity contribution in [2.45, 2.75) is 29.9 Å². The molecule has 0 radical (unpaired) electrons. The van der Waals surface area contributed by atoms with Crippen molar-refractivity contribution >= 4 is 45.3 Å². The van der Waals surface area contributed by atoms with Gasteiger partial charge in [0.25, 0.3) is 0 Å². The van der Waals surface area contributed by atoms with Crippen molar-refractivity contribution in [3.8, 4) is 0 Å². The molecular formula is C23H27F2IN4O2. The SMILES string of the molecule is C=C(/C=C\C(=C)OC(F)(F)I)OCCn1c(N2CCCC2)nc2ccc(N3CCC3)cc21. The van der Waals surface area contributed by atoms with Gasteiger partial charge in [-0.1, -0.05) is 13.2 Å². The van der Waals surface area contributed by atoms with Gasteiger partial charge in [-0.15, -0.1) is 0 Å². The highest BCUT2D eigenvalue weighted by Gasteiger charge is 2.26. The number of halogens is 3. The second-order valence-corrected chi connectivity index (χ2v) is 9.19. The van der Waals surface area contributed by atoms with Crippen molar-refractivity contribution in [3.63, 3.8) is 0 Å². The summed E-state index contributed by atoms with van der Waals surface area (Å²) in [4.78, 5) is 9.60. The number of rotatable bonds is 10. The van der Waals surface area contributed by atoms with Gasteiger partial charge in [0.05, 0.1) is 40.2 Å². The third-order valence-electron chi connectivity index (χ3n) is 5.63. The lowest BCUT2D eigenvalue weighted by Gasteiger charge is -2.33. The minimum Gasteiger partial charge on any atom is -0.492 e. The van der Waals surface area contributed by atoms with Gasteiger partial charge in [0.2, 0.25) is 5.95 Å². The first-order valence-corrected chi connectivity index (χ1v) is 11.8. The van der Waals surface area contributed by atoms with Crippen molar-refractivity contribution < 1.29 is 18.3 Å². The maximum absolute atomic E-state index is 12.9. The zero-order valence-electron chi connectivity index (χ0n) is 17.9. The Balaban J connectivity index is 1.45. The number of allylic oxidation sites excluding steroid dienone is 2. The molecule has 2 aromatic rings. The van der Waals surface area contributed by atoms with E-state index in [1.165, 1.54) is 37.1 Å². The first-order chi connectivity index (χ1) is 15.3. The van der Waals surface area contributed by atoms with Crippen LogP contribution < -0.4 is 9.80 Å². The maximum Gasteiger partial charge on any atom is 0.451 e. The highest BCUT2D eigenvalue weighted by molar-refractivity contribution is 14.1. The van der Waals surface area contributed by atoms with Crippen LogP contribution in [0, 0.1) is 0 Å². The number of anilines is 2. The molecule has 0 spiro atoms. The number of hydrogen-bond acceptors (Lipinski definition) is 5. The second-order valence-electron chi connectivity index (χ2n) is 7.93. The monoisotopic (exact) mass is 556 g/mol. The summed E-state index contributed by atoms with van der Waals surface area (Å²) in [5, 5.41) is 0. The molecule has 32 heavy (non-hydrogen) atoms. The fraction of sp³-hybridized carbons (Fsp3) is 0.435. The van der Waals surface area contributed by atoms with E-state index in [4.69, 9.17) is 9.72 Å². The Hall–Kier alpha value is -2.30. The summed E-state index contributed by atoms with van der Waals surface area (Å²) < 4.78 is 34.7. The molecule has 0 bridgehead atoms. The minimum atomic E-state index is -3.30. The van der Waals surface area contributed by atoms with Crippen LogP contribution in [0.1, 0.15) is 19.3 Å². The van der Waals surface area contributed by atoms with Crippen LogP contribution in [0.3, 0.4) is 0 Å². The Labute approximate surface area is 200 Å². The fourth-order valence-corrected chi connectivity index (χ4v) is 4.22. The van der Waals surface area contributed by atoms with Crippen LogP contribution in [0.2, 0.25) is 0 Å². The van der Waals surface area contributed by atoms with E-state index in [0.717, 1.165) is 65.8 Å². The van der Waals surface area contributed by atoms with Crippen LogP contribution in [0.25, 0.3) is 11.0 Å². The van der Waals surface area contributed by atoms with Crippen molar-refractivity contribution in [3.05, 3.63) is 55.0 Å². The lowest BCUT2D eigenvalue weighted by atomic mass is 10.1. The average Bonchev–Trinajstić information content (AvgIpc) is 3.32. The van der Waals surface area contributed by atoms with E-state index in [1.54, 1.807) is 0 Å². The minimum absolute atomic E-state index is 0.162. The molecule has 2 aliphatic heterocycles. The summed E-state index contributed by atoms with van der Waals surface area (Å²) in [6, 6.07) is 6.45. The molecule has 2 aliphatic rings. The third-order valence-corrected chi connectivity index (χ3v) is 5.85. The molecule has 1 aromatic heterocycles. The summed E-state index contributed by atoms with van der Waals surface area (Å²) in [6.45, 7) is 12.4. The van der Waals surface area contributed by atoms with Crippen molar-refractivity contribution in [2.24, 2.45) is 0 Å². The summed E-state index contributed by atoms with van der Waals surface area (Å²) in [6.07, 6.45) is 6.36. The van der Waals surface area contributed by atoms with Crippen LogP contribution in [-0.4, -0.2) is 46.5 Å². The molecular weight excluding hydrogens is 529 g/mol. The van der Waals surface area contributed by atoms with Crippen molar-refractivity contribution in [1.29, 1.82) is 0 Å². The number of nitrogens with zero attached hydrogens (tertiary/aromatic N) is 4. The Morgan fingerprint density at radius 3 is 2.41 bits per heavy atom. The lowest BCUT2D eigenvalue weighted by molar-refractivity contribution is -0.110. The van der Waals surface area contributed by atoms with E-state index >= 15 is 0 Å². The first kappa shape index (κ1) is 22.9. The van der Waals surface area contributed by atoms with E-state index in [0.29, 0.717) is 18.9 Å². The van der Waals surface area contributed by atoms with Gasteiger partial charge in [-0.3, -0.25) is 0 Å². The average molecular weight is 556 g/mol. The molecule has 6 nitrogen and oxygen atoms in total. The molecule has 0 aliphatic carbocycles. The maximum atomic E-state index is 12.9. The highest BCUT2D eigenvalue weighted by Crippen LogP contribution is 2.30. The number of hydrogen-bond donors (Lipinski definition) is 0. The quantitative estimate of drug-likeness (QED) is 0.169. The highest BCUT2D eigenvalue weighted by atomic mass is 127. The summed E-state index contributed by atoms with van der Waals surface area (Å²) >= 11 is 0.896. The zero-order valence-corrected chi connectivity index (χ0v) is 20.1.